The van der Waals surface area contributed by atoms with E-state index in [-0.39, 0.29) is 17.6 Å². The van der Waals surface area contributed by atoms with Crippen LogP contribution in [0.5, 0.6) is 0 Å². The standard InChI is InChI=1S/C19H28N2O3S/c1-2-13-25(23,24)21-12-6-9-16-14-17(10-11-18(16)21)20-19(22)15-7-4-3-5-8-15/h10-11,14-15H,2-9,12-13H2,1H3,(H,20,22). The smallest absolute Gasteiger partial charge is 0.235 e. The fourth-order valence-electron chi connectivity index (χ4n) is 3.91. The van der Waals surface area contributed by atoms with Crippen molar-refractivity contribution in [1.29, 1.82) is 0 Å². The van der Waals surface area contributed by atoms with Gasteiger partial charge >= 0.3 is 0 Å². The number of rotatable bonds is 5. The Morgan fingerprint density at radius 3 is 2.68 bits per heavy atom. The van der Waals surface area contributed by atoms with E-state index in [1.54, 1.807) is 4.31 Å². The SMILES string of the molecule is CCCS(=O)(=O)N1CCCc2cc(NC(=O)C3CCCCC3)ccc21. The Hall–Kier alpha value is -1.56. The molecule has 0 radical (unpaired) electrons. The lowest BCUT2D eigenvalue weighted by atomic mass is 9.88. The van der Waals surface area contributed by atoms with Crippen LogP contribution in [0, 0.1) is 5.92 Å². The zero-order valence-electron chi connectivity index (χ0n) is 15.0. The molecule has 25 heavy (non-hydrogen) atoms. The number of sulfonamides is 1. The third kappa shape index (κ3) is 4.17. The molecule has 0 spiro atoms. The molecule has 2 aliphatic rings. The molecule has 0 atom stereocenters. The fourth-order valence-corrected chi connectivity index (χ4v) is 5.53. The molecule has 138 valence electrons. The molecule has 0 bridgehead atoms. The first-order valence-electron chi connectivity index (χ1n) is 9.45. The number of anilines is 2. The molecule has 1 heterocycles. The van der Waals surface area contributed by atoms with Crippen molar-refractivity contribution in [3.05, 3.63) is 23.8 Å². The average Bonchev–Trinajstić information content (AvgIpc) is 2.61. The highest BCUT2D eigenvalue weighted by Gasteiger charge is 2.27. The van der Waals surface area contributed by atoms with Gasteiger partial charge in [-0.2, -0.15) is 0 Å². The Bertz CT molecular complexity index is 724. The first kappa shape index (κ1) is 18.2. The largest absolute Gasteiger partial charge is 0.326 e. The average molecular weight is 365 g/mol. The zero-order chi connectivity index (χ0) is 17.9. The highest BCUT2D eigenvalue weighted by molar-refractivity contribution is 7.92. The molecule has 1 saturated carbocycles. The Kier molecular flexibility index (Phi) is 5.67. The van der Waals surface area contributed by atoms with Crippen molar-refractivity contribution in [2.75, 3.05) is 21.9 Å². The Balaban J connectivity index is 1.76. The molecule has 0 unspecified atom stereocenters. The summed E-state index contributed by atoms with van der Waals surface area (Å²) in [6, 6.07) is 5.63. The van der Waals surface area contributed by atoms with E-state index in [1.807, 2.05) is 25.1 Å². The van der Waals surface area contributed by atoms with Gasteiger partial charge in [0.1, 0.15) is 0 Å². The summed E-state index contributed by atoms with van der Waals surface area (Å²) < 4.78 is 26.5. The Labute approximate surface area is 150 Å². The molecule has 3 rings (SSSR count). The van der Waals surface area contributed by atoms with Crippen LogP contribution in [0.15, 0.2) is 18.2 Å². The maximum absolute atomic E-state index is 12.5. The van der Waals surface area contributed by atoms with Gasteiger partial charge in [0.15, 0.2) is 0 Å². The van der Waals surface area contributed by atoms with E-state index in [2.05, 4.69) is 5.32 Å². The second-order valence-electron chi connectivity index (χ2n) is 7.16. The number of nitrogens with zero attached hydrogens (tertiary/aromatic N) is 1. The van der Waals surface area contributed by atoms with Crippen LogP contribution in [0.1, 0.15) is 57.4 Å². The summed E-state index contributed by atoms with van der Waals surface area (Å²) in [5.41, 5.74) is 2.56. The van der Waals surface area contributed by atoms with Crippen molar-refractivity contribution >= 4 is 27.3 Å². The van der Waals surface area contributed by atoms with Gasteiger partial charge in [0, 0.05) is 18.2 Å². The van der Waals surface area contributed by atoms with Gasteiger partial charge in [-0.15, -0.1) is 0 Å². The first-order chi connectivity index (χ1) is 12.0. The van der Waals surface area contributed by atoms with Crippen molar-refractivity contribution in [3.8, 4) is 0 Å². The van der Waals surface area contributed by atoms with Crippen LogP contribution in [0.2, 0.25) is 0 Å². The lowest BCUT2D eigenvalue weighted by Gasteiger charge is -2.31. The van der Waals surface area contributed by atoms with Crippen molar-refractivity contribution < 1.29 is 13.2 Å². The van der Waals surface area contributed by atoms with Crippen LogP contribution in [0.3, 0.4) is 0 Å². The van der Waals surface area contributed by atoms with Crippen LogP contribution in [0.25, 0.3) is 0 Å². The molecular weight excluding hydrogens is 336 g/mol. The summed E-state index contributed by atoms with van der Waals surface area (Å²) in [6.07, 6.45) is 7.71. The molecule has 1 N–H and O–H groups in total. The summed E-state index contributed by atoms with van der Waals surface area (Å²) in [6.45, 7) is 2.43. The second-order valence-corrected chi connectivity index (χ2v) is 9.17. The number of carbonyl (C=O) groups is 1. The predicted octanol–water partition coefficient (Wildman–Crippen LogP) is 3.70. The number of hydrogen-bond donors (Lipinski definition) is 1. The van der Waals surface area contributed by atoms with Gasteiger partial charge in [0.2, 0.25) is 15.9 Å². The van der Waals surface area contributed by atoms with E-state index < -0.39 is 10.0 Å². The second kappa shape index (κ2) is 7.77. The zero-order valence-corrected chi connectivity index (χ0v) is 15.8. The number of hydrogen-bond acceptors (Lipinski definition) is 3. The monoisotopic (exact) mass is 364 g/mol. The van der Waals surface area contributed by atoms with Crippen molar-refractivity contribution in [2.24, 2.45) is 5.92 Å². The topological polar surface area (TPSA) is 66.5 Å². The molecule has 1 aliphatic carbocycles. The maximum Gasteiger partial charge on any atom is 0.235 e. The minimum absolute atomic E-state index is 0.103. The van der Waals surface area contributed by atoms with E-state index >= 15 is 0 Å². The molecular formula is C19H28N2O3S. The van der Waals surface area contributed by atoms with Crippen LogP contribution in [0.4, 0.5) is 11.4 Å². The van der Waals surface area contributed by atoms with Gasteiger partial charge in [-0.25, -0.2) is 8.42 Å². The summed E-state index contributed by atoms with van der Waals surface area (Å²) in [5.74, 6) is 0.393. The molecule has 5 nitrogen and oxygen atoms in total. The van der Waals surface area contributed by atoms with Gasteiger partial charge in [-0.3, -0.25) is 9.10 Å². The predicted molar refractivity (Wildman–Crippen MR) is 101 cm³/mol. The number of fused-ring (bicyclic) bond motifs is 1. The number of amides is 1. The van der Waals surface area contributed by atoms with Crippen LogP contribution in [-0.2, 0) is 21.2 Å². The summed E-state index contributed by atoms with van der Waals surface area (Å²) in [4.78, 5) is 12.4. The Morgan fingerprint density at radius 1 is 1.20 bits per heavy atom. The first-order valence-corrected chi connectivity index (χ1v) is 11.1. The minimum atomic E-state index is -3.25. The third-order valence-corrected chi connectivity index (χ3v) is 7.17. The molecule has 6 heteroatoms. The van der Waals surface area contributed by atoms with Gasteiger partial charge in [-0.05, 0) is 55.9 Å². The minimum Gasteiger partial charge on any atom is -0.326 e. The fraction of sp³-hybridized carbons (Fsp3) is 0.632. The quantitative estimate of drug-likeness (QED) is 0.866. The number of carbonyl (C=O) groups excluding carboxylic acids is 1. The van der Waals surface area contributed by atoms with E-state index in [1.165, 1.54) is 6.42 Å². The van der Waals surface area contributed by atoms with Crippen LogP contribution < -0.4 is 9.62 Å². The van der Waals surface area contributed by atoms with Gasteiger partial charge in [-0.1, -0.05) is 26.2 Å². The number of aryl methyl sites for hydroxylation is 1. The van der Waals surface area contributed by atoms with E-state index in [4.69, 9.17) is 0 Å². The van der Waals surface area contributed by atoms with E-state index in [0.717, 1.165) is 55.5 Å². The van der Waals surface area contributed by atoms with E-state index in [9.17, 15) is 13.2 Å². The molecule has 1 aromatic rings. The van der Waals surface area contributed by atoms with Crippen molar-refractivity contribution in [1.82, 2.24) is 0 Å². The highest BCUT2D eigenvalue weighted by Crippen LogP contribution is 2.32. The van der Waals surface area contributed by atoms with Crippen LogP contribution in [-0.4, -0.2) is 26.6 Å². The summed E-state index contributed by atoms with van der Waals surface area (Å²) >= 11 is 0. The van der Waals surface area contributed by atoms with Gasteiger partial charge in [0.25, 0.3) is 0 Å². The molecule has 0 saturated heterocycles. The number of nitrogens with one attached hydrogen (secondary N) is 1. The molecule has 1 amide bonds. The van der Waals surface area contributed by atoms with E-state index in [0.29, 0.717) is 13.0 Å². The summed E-state index contributed by atoms with van der Waals surface area (Å²) in [7, 11) is -3.25. The highest BCUT2D eigenvalue weighted by atomic mass is 32.2. The summed E-state index contributed by atoms with van der Waals surface area (Å²) in [5, 5.41) is 3.03. The number of benzene rings is 1. The molecule has 1 fully saturated rings. The third-order valence-electron chi connectivity index (χ3n) is 5.20. The molecule has 1 aliphatic heterocycles. The normalized spacial score (nSPS) is 18.7. The maximum atomic E-state index is 12.5. The Morgan fingerprint density at radius 2 is 1.96 bits per heavy atom. The van der Waals surface area contributed by atoms with Gasteiger partial charge < -0.3 is 5.32 Å². The van der Waals surface area contributed by atoms with Crippen LogP contribution >= 0.6 is 0 Å². The van der Waals surface area contributed by atoms with Crippen molar-refractivity contribution in [3.63, 3.8) is 0 Å². The van der Waals surface area contributed by atoms with Crippen molar-refractivity contribution in [2.45, 2.75) is 58.3 Å². The molecule has 0 aromatic heterocycles. The lowest BCUT2D eigenvalue weighted by molar-refractivity contribution is -0.120. The van der Waals surface area contributed by atoms with Gasteiger partial charge in [0.05, 0.1) is 11.4 Å². The lowest BCUT2D eigenvalue weighted by Crippen LogP contribution is -2.37. The molecule has 1 aromatic carbocycles.